The minimum atomic E-state index is 0.216. The summed E-state index contributed by atoms with van der Waals surface area (Å²) in [7, 11) is 0. The molecule has 7 heteroatoms. The van der Waals surface area contributed by atoms with Crippen LogP contribution in [-0.2, 0) is 6.54 Å². The number of hydrogen-bond donors (Lipinski definition) is 3. The third-order valence-electron chi connectivity index (χ3n) is 2.14. The molecular formula is C8H17N5OS. The lowest BCUT2D eigenvalue weighted by Crippen LogP contribution is -2.25. The van der Waals surface area contributed by atoms with Gasteiger partial charge in [-0.15, -0.1) is 5.10 Å². The smallest absolute Gasteiger partial charge is 0.148 e. The number of hydrogen-bond acceptors (Lipinski definition) is 7. The van der Waals surface area contributed by atoms with Crippen molar-refractivity contribution in [2.75, 3.05) is 25.1 Å². The van der Waals surface area contributed by atoms with Crippen LogP contribution in [-0.4, -0.2) is 39.3 Å². The van der Waals surface area contributed by atoms with Crippen LogP contribution in [0.1, 0.15) is 19.0 Å². The van der Waals surface area contributed by atoms with E-state index in [4.69, 9.17) is 10.9 Å². The van der Waals surface area contributed by atoms with Crippen LogP contribution in [0.15, 0.2) is 0 Å². The van der Waals surface area contributed by atoms with Gasteiger partial charge < -0.3 is 10.5 Å². The molecule has 1 rings (SSSR count). The van der Waals surface area contributed by atoms with Gasteiger partial charge in [0.25, 0.3) is 0 Å². The van der Waals surface area contributed by atoms with E-state index in [0.29, 0.717) is 6.54 Å². The van der Waals surface area contributed by atoms with Crippen LogP contribution < -0.4 is 11.3 Å². The zero-order valence-electron chi connectivity index (χ0n) is 8.81. The monoisotopic (exact) mass is 231 g/mol. The number of nitrogens with zero attached hydrogens (tertiary/aromatic N) is 3. The van der Waals surface area contributed by atoms with Crippen molar-refractivity contribution in [3.8, 4) is 0 Å². The minimum absolute atomic E-state index is 0.216. The van der Waals surface area contributed by atoms with E-state index < -0.39 is 0 Å². The van der Waals surface area contributed by atoms with Crippen molar-refractivity contribution in [3.63, 3.8) is 0 Å². The molecule has 0 saturated carbocycles. The highest BCUT2D eigenvalue weighted by atomic mass is 32.1. The molecule has 86 valence electrons. The summed E-state index contributed by atoms with van der Waals surface area (Å²) < 4.78 is 3.83. The highest BCUT2D eigenvalue weighted by Crippen LogP contribution is 2.17. The molecule has 0 aromatic carbocycles. The summed E-state index contributed by atoms with van der Waals surface area (Å²) in [5.41, 5.74) is 3.44. The van der Waals surface area contributed by atoms with Crippen LogP contribution in [0, 0.1) is 0 Å². The van der Waals surface area contributed by atoms with Crippen molar-refractivity contribution < 1.29 is 5.11 Å². The molecule has 6 nitrogen and oxygen atoms in total. The molecule has 0 spiro atoms. The first-order valence-corrected chi connectivity index (χ1v) is 5.70. The Morgan fingerprint density at radius 2 is 2.40 bits per heavy atom. The van der Waals surface area contributed by atoms with Crippen molar-refractivity contribution in [1.82, 2.24) is 14.5 Å². The second-order valence-electron chi connectivity index (χ2n) is 3.14. The van der Waals surface area contributed by atoms with Crippen molar-refractivity contribution in [1.29, 1.82) is 0 Å². The Labute approximate surface area is 93.2 Å². The summed E-state index contributed by atoms with van der Waals surface area (Å²) >= 11 is 1.25. The maximum Gasteiger partial charge on any atom is 0.148 e. The van der Waals surface area contributed by atoms with Crippen LogP contribution in [0.4, 0.5) is 5.00 Å². The Kier molecular flexibility index (Phi) is 5.48. The number of nitrogen functional groups attached to an aromatic ring is 1. The van der Waals surface area contributed by atoms with E-state index in [1.165, 1.54) is 11.5 Å². The predicted molar refractivity (Wildman–Crippen MR) is 60.4 cm³/mol. The molecule has 1 aromatic rings. The molecule has 0 unspecified atom stereocenters. The van der Waals surface area contributed by atoms with Gasteiger partial charge in [0.1, 0.15) is 10.7 Å². The van der Waals surface area contributed by atoms with Crippen LogP contribution in [0.5, 0.6) is 0 Å². The Balaban J connectivity index is 2.50. The maximum absolute atomic E-state index is 8.75. The van der Waals surface area contributed by atoms with Gasteiger partial charge in [0.05, 0.1) is 0 Å². The second-order valence-corrected chi connectivity index (χ2v) is 3.89. The Hall–Kier alpha value is -0.760. The van der Waals surface area contributed by atoms with E-state index in [-0.39, 0.29) is 6.61 Å². The first-order chi connectivity index (χ1) is 7.31. The standard InChI is InChI=1S/C8H17N5OS/c1-2-13(4-3-5-14)6-7-8(10-9)15-12-11-7/h10,14H,2-6,9H2,1H3. The average molecular weight is 231 g/mol. The highest BCUT2D eigenvalue weighted by Gasteiger charge is 2.10. The summed E-state index contributed by atoms with van der Waals surface area (Å²) in [6, 6.07) is 0. The molecule has 1 heterocycles. The first-order valence-electron chi connectivity index (χ1n) is 4.92. The van der Waals surface area contributed by atoms with Gasteiger partial charge in [-0.1, -0.05) is 11.4 Å². The number of hydrazine groups is 1. The van der Waals surface area contributed by atoms with Crippen LogP contribution in [0.2, 0.25) is 0 Å². The quantitative estimate of drug-likeness (QED) is 0.453. The molecule has 1 aromatic heterocycles. The molecule has 0 bridgehead atoms. The lowest BCUT2D eigenvalue weighted by atomic mass is 10.3. The number of rotatable bonds is 7. The van der Waals surface area contributed by atoms with Crippen molar-refractivity contribution in [2.45, 2.75) is 19.9 Å². The molecule has 0 atom stereocenters. The van der Waals surface area contributed by atoms with E-state index in [0.717, 1.165) is 30.2 Å². The average Bonchev–Trinajstić information content (AvgIpc) is 2.71. The van der Waals surface area contributed by atoms with Crippen molar-refractivity contribution in [3.05, 3.63) is 5.69 Å². The lowest BCUT2D eigenvalue weighted by molar-refractivity contribution is 0.224. The first kappa shape index (κ1) is 12.3. The zero-order valence-corrected chi connectivity index (χ0v) is 9.63. The number of anilines is 1. The van der Waals surface area contributed by atoms with Gasteiger partial charge in [0.15, 0.2) is 0 Å². The van der Waals surface area contributed by atoms with E-state index in [9.17, 15) is 0 Å². The molecular weight excluding hydrogens is 214 g/mol. The number of nitrogens with one attached hydrogen (secondary N) is 1. The zero-order chi connectivity index (χ0) is 11.1. The topological polar surface area (TPSA) is 87.3 Å². The maximum atomic E-state index is 8.75. The fourth-order valence-electron chi connectivity index (χ4n) is 1.28. The molecule has 0 aliphatic carbocycles. The fraction of sp³-hybridized carbons (Fsp3) is 0.750. The highest BCUT2D eigenvalue weighted by molar-refractivity contribution is 7.10. The summed E-state index contributed by atoms with van der Waals surface area (Å²) in [6.07, 6.45) is 0.775. The summed E-state index contributed by atoms with van der Waals surface area (Å²) in [4.78, 5) is 2.19. The summed E-state index contributed by atoms with van der Waals surface area (Å²) in [5, 5.41) is 13.6. The van der Waals surface area contributed by atoms with Gasteiger partial charge in [0, 0.05) is 31.2 Å². The Morgan fingerprint density at radius 3 is 3.00 bits per heavy atom. The molecule has 0 amide bonds. The molecule has 0 radical (unpaired) electrons. The Morgan fingerprint density at radius 1 is 1.60 bits per heavy atom. The minimum Gasteiger partial charge on any atom is -0.396 e. The third-order valence-corrected chi connectivity index (χ3v) is 2.84. The van der Waals surface area contributed by atoms with Crippen LogP contribution >= 0.6 is 11.5 Å². The van der Waals surface area contributed by atoms with Crippen molar-refractivity contribution in [2.24, 2.45) is 5.84 Å². The molecule has 4 N–H and O–H groups in total. The van der Waals surface area contributed by atoms with Crippen molar-refractivity contribution >= 4 is 16.5 Å². The number of nitrogens with two attached hydrogens (primary N) is 1. The van der Waals surface area contributed by atoms with Gasteiger partial charge in [-0.3, -0.25) is 4.90 Å². The normalized spacial score (nSPS) is 10.9. The number of aliphatic hydroxyl groups is 1. The predicted octanol–water partition coefficient (Wildman–Crippen LogP) is 0.0280. The largest absolute Gasteiger partial charge is 0.396 e. The second kappa shape index (κ2) is 6.67. The van der Waals surface area contributed by atoms with E-state index in [1.807, 2.05) is 0 Å². The van der Waals surface area contributed by atoms with Crippen LogP contribution in [0.3, 0.4) is 0 Å². The Bertz CT molecular complexity index is 280. The SMILES string of the molecule is CCN(CCCO)Cc1nnsc1NN. The van der Waals surface area contributed by atoms with E-state index in [2.05, 4.69) is 26.8 Å². The summed E-state index contributed by atoms with van der Waals surface area (Å²) in [6.45, 7) is 4.78. The van der Waals surface area contributed by atoms with Gasteiger partial charge in [-0.2, -0.15) is 0 Å². The van der Waals surface area contributed by atoms with E-state index >= 15 is 0 Å². The van der Waals surface area contributed by atoms with E-state index in [1.54, 1.807) is 0 Å². The van der Waals surface area contributed by atoms with Gasteiger partial charge in [-0.05, 0) is 13.0 Å². The van der Waals surface area contributed by atoms with Crippen LogP contribution in [0.25, 0.3) is 0 Å². The molecule has 0 saturated heterocycles. The third kappa shape index (κ3) is 3.71. The summed E-state index contributed by atoms with van der Waals surface area (Å²) in [5.74, 6) is 5.33. The lowest BCUT2D eigenvalue weighted by Gasteiger charge is -2.18. The number of aliphatic hydroxyl groups excluding tert-OH is 1. The van der Waals surface area contributed by atoms with Gasteiger partial charge in [0.2, 0.25) is 0 Å². The molecule has 0 aliphatic rings. The molecule has 15 heavy (non-hydrogen) atoms. The fourth-order valence-corrected chi connectivity index (χ4v) is 1.76. The molecule has 0 aliphatic heterocycles. The van der Waals surface area contributed by atoms with Gasteiger partial charge in [-0.25, -0.2) is 5.84 Å². The molecule has 0 fully saturated rings. The van der Waals surface area contributed by atoms with Gasteiger partial charge >= 0.3 is 0 Å². The number of aromatic nitrogens is 2.